The van der Waals surface area contributed by atoms with E-state index in [0.717, 1.165) is 28.1 Å². The minimum atomic E-state index is 0.186. The van der Waals surface area contributed by atoms with Crippen LogP contribution < -0.4 is 5.73 Å². The van der Waals surface area contributed by atoms with Crippen LogP contribution in [0.15, 0.2) is 91.4 Å². The summed E-state index contributed by atoms with van der Waals surface area (Å²) in [6.07, 6.45) is 5.42. The number of para-hydroxylation sites is 1. The molecule has 5 aromatic rings. The molecule has 5 rings (SSSR count). The molecule has 0 aliphatic heterocycles. The summed E-state index contributed by atoms with van der Waals surface area (Å²) >= 11 is 6.10. The Morgan fingerprint density at radius 3 is 2.32 bits per heavy atom. The van der Waals surface area contributed by atoms with Crippen LogP contribution in [-0.4, -0.2) is 24.7 Å². The predicted molar refractivity (Wildman–Crippen MR) is 123 cm³/mol. The summed E-state index contributed by atoms with van der Waals surface area (Å²) in [5.74, 6) is 0.186. The van der Waals surface area contributed by atoms with Crippen molar-refractivity contribution in [3.05, 3.63) is 96.4 Å². The normalized spacial score (nSPS) is 10.9. The molecule has 3 heterocycles. The van der Waals surface area contributed by atoms with Crippen LogP contribution in [-0.2, 0) is 0 Å². The maximum atomic E-state index is 6.10. The number of nitrogens with zero attached hydrogens (tertiary/aromatic N) is 5. The molecule has 150 valence electrons. The summed E-state index contributed by atoms with van der Waals surface area (Å²) in [5.41, 5.74) is 11.8. The lowest BCUT2D eigenvalue weighted by Gasteiger charge is -2.06. The number of nitrogen functional groups attached to an aromatic ring is 1. The molecule has 2 N–H and O–H groups in total. The van der Waals surface area contributed by atoms with E-state index in [1.54, 1.807) is 12.4 Å². The van der Waals surface area contributed by atoms with Gasteiger partial charge in [0, 0.05) is 40.3 Å². The highest BCUT2D eigenvalue weighted by atomic mass is 35.5. The molecule has 0 saturated carbocycles. The van der Waals surface area contributed by atoms with Crippen molar-refractivity contribution < 1.29 is 0 Å². The van der Waals surface area contributed by atoms with Crippen molar-refractivity contribution in [3.8, 4) is 39.5 Å². The molecule has 6 nitrogen and oxygen atoms in total. The van der Waals surface area contributed by atoms with Gasteiger partial charge in [-0.25, -0.2) is 14.6 Å². The van der Waals surface area contributed by atoms with E-state index in [9.17, 15) is 0 Å². The van der Waals surface area contributed by atoms with E-state index < -0.39 is 0 Å². The zero-order chi connectivity index (χ0) is 21.2. The third-order valence-corrected chi connectivity index (χ3v) is 5.08. The van der Waals surface area contributed by atoms with Gasteiger partial charge < -0.3 is 5.73 Å². The summed E-state index contributed by atoms with van der Waals surface area (Å²) in [5, 5.41) is 5.51. The van der Waals surface area contributed by atoms with E-state index in [1.807, 2.05) is 83.7 Å². The van der Waals surface area contributed by atoms with Crippen LogP contribution >= 0.6 is 11.6 Å². The van der Waals surface area contributed by atoms with E-state index in [-0.39, 0.29) is 5.95 Å². The molecule has 0 fully saturated rings. The summed E-state index contributed by atoms with van der Waals surface area (Å²) < 4.78 is 1.83. The number of benzene rings is 2. The summed E-state index contributed by atoms with van der Waals surface area (Å²) in [6.45, 7) is 0. The average molecular weight is 425 g/mol. The maximum Gasteiger partial charge on any atom is 0.221 e. The molecular formula is C24H17ClN6. The van der Waals surface area contributed by atoms with Gasteiger partial charge in [-0.1, -0.05) is 41.9 Å². The highest BCUT2D eigenvalue weighted by Crippen LogP contribution is 2.33. The minimum Gasteiger partial charge on any atom is -0.368 e. The summed E-state index contributed by atoms with van der Waals surface area (Å²) in [7, 11) is 0. The van der Waals surface area contributed by atoms with Gasteiger partial charge in [-0.05, 0) is 42.5 Å². The van der Waals surface area contributed by atoms with E-state index in [0.29, 0.717) is 16.4 Å². The van der Waals surface area contributed by atoms with Crippen molar-refractivity contribution in [1.29, 1.82) is 0 Å². The number of pyridine rings is 1. The molecule has 0 spiro atoms. The van der Waals surface area contributed by atoms with Gasteiger partial charge in [-0.2, -0.15) is 5.10 Å². The average Bonchev–Trinajstić information content (AvgIpc) is 3.26. The fourth-order valence-corrected chi connectivity index (χ4v) is 3.49. The van der Waals surface area contributed by atoms with Crippen LogP contribution in [0.1, 0.15) is 0 Å². The van der Waals surface area contributed by atoms with Crippen LogP contribution in [0.5, 0.6) is 0 Å². The highest BCUT2D eigenvalue weighted by molar-refractivity contribution is 6.30. The molecule has 0 atom stereocenters. The van der Waals surface area contributed by atoms with E-state index in [2.05, 4.69) is 15.0 Å². The first-order valence-electron chi connectivity index (χ1n) is 9.64. The monoisotopic (exact) mass is 424 g/mol. The molecule has 3 aromatic heterocycles. The number of hydrogen-bond acceptors (Lipinski definition) is 5. The van der Waals surface area contributed by atoms with Gasteiger partial charge in [0.15, 0.2) is 0 Å². The van der Waals surface area contributed by atoms with Gasteiger partial charge in [-0.3, -0.25) is 4.98 Å². The Balaban J connectivity index is 1.70. The minimum absolute atomic E-state index is 0.186. The molecule has 0 aliphatic carbocycles. The first-order valence-corrected chi connectivity index (χ1v) is 10.0. The van der Waals surface area contributed by atoms with Crippen molar-refractivity contribution in [2.45, 2.75) is 0 Å². The Labute approximate surface area is 184 Å². The van der Waals surface area contributed by atoms with Crippen LogP contribution in [0.2, 0.25) is 5.02 Å². The molecule has 0 amide bonds. The van der Waals surface area contributed by atoms with Crippen molar-refractivity contribution in [1.82, 2.24) is 24.7 Å². The Morgan fingerprint density at radius 2 is 1.58 bits per heavy atom. The van der Waals surface area contributed by atoms with Gasteiger partial charge in [0.2, 0.25) is 5.95 Å². The molecule has 7 heteroatoms. The maximum absolute atomic E-state index is 6.10. The molecular weight excluding hydrogens is 408 g/mol. The van der Waals surface area contributed by atoms with Crippen molar-refractivity contribution in [2.24, 2.45) is 0 Å². The number of aromatic nitrogens is 5. The van der Waals surface area contributed by atoms with Gasteiger partial charge in [-0.15, -0.1) is 0 Å². The van der Waals surface area contributed by atoms with Gasteiger partial charge in [0.1, 0.15) is 5.69 Å². The van der Waals surface area contributed by atoms with Gasteiger partial charge in [0.05, 0.1) is 17.1 Å². The molecule has 0 bridgehead atoms. The Morgan fingerprint density at radius 1 is 0.806 bits per heavy atom. The number of hydrogen-bond donors (Lipinski definition) is 1. The quantitative estimate of drug-likeness (QED) is 0.423. The Bertz CT molecular complexity index is 1330. The van der Waals surface area contributed by atoms with Crippen LogP contribution in [0.25, 0.3) is 39.5 Å². The zero-order valence-corrected chi connectivity index (χ0v) is 17.1. The van der Waals surface area contributed by atoms with Crippen molar-refractivity contribution in [3.63, 3.8) is 0 Å². The molecule has 0 aliphatic rings. The molecule has 0 unspecified atom stereocenters. The molecule has 0 saturated heterocycles. The zero-order valence-electron chi connectivity index (χ0n) is 16.4. The molecule has 2 aromatic carbocycles. The second kappa shape index (κ2) is 8.01. The van der Waals surface area contributed by atoms with E-state index in [1.165, 1.54) is 0 Å². The largest absolute Gasteiger partial charge is 0.368 e. The van der Waals surface area contributed by atoms with Crippen LogP contribution in [0, 0.1) is 0 Å². The second-order valence-corrected chi connectivity index (χ2v) is 7.35. The highest BCUT2D eigenvalue weighted by Gasteiger charge is 2.17. The lowest BCUT2D eigenvalue weighted by molar-refractivity contribution is 0.884. The van der Waals surface area contributed by atoms with Crippen molar-refractivity contribution in [2.75, 3.05) is 5.73 Å². The lowest BCUT2D eigenvalue weighted by atomic mass is 10.0. The third-order valence-electron chi connectivity index (χ3n) is 4.83. The van der Waals surface area contributed by atoms with Gasteiger partial charge >= 0.3 is 0 Å². The Hall–Kier alpha value is -4.03. The standard InChI is InChI=1S/C24H17ClN6/c25-18-10-8-16(9-11-18)23-20(15-31(30-23)19-6-2-1-3-7-19)22-13-21(28-24(26)29-22)17-5-4-12-27-14-17/h1-15H,(H2,26,28,29). The van der Waals surface area contributed by atoms with Crippen LogP contribution in [0.4, 0.5) is 5.95 Å². The van der Waals surface area contributed by atoms with E-state index >= 15 is 0 Å². The number of anilines is 1. The SMILES string of the molecule is Nc1nc(-c2cccnc2)cc(-c2cn(-c3ccccc3)nc2-c2ccc(Cl)cc2)n1. The van der Waals surface area contributed by atoms with Gasteiger partial charge in [0.25, 0.3) is 0 Å². The number of rotatable bonds is 4. The lowest BCUT2D eigenvalue weighted by Crippen LogP contribution is -1.99. The summed E-state index contributed by atoms with van der Waals surface area (Å²) in [4.78, 5) is 13.1. The Kier molecular flexibility index (Phi) is 4.90. The topological polar surface area (TPSA) is 82.5 Å². The molecule has 0 radical (unpaired) electrons. The summed E-state index contributed by atoms with van der Waals surface area (Å²) in [6, 6.07) is 23.2. The van der Waals surface area contributed by atoms with Crippen LogP contribution in [0.3, 0.4) is 0 Å². The third kappa shape index (κ3) is 3.89. The first-order chi connectivity index (χ1) is 15.2. The van der Waals surface area contributed by atoms with Crippen molar-refractivity contribution >= 4 is 17.5 Å². The number of nitrogens with two attached hydrogens (primary N) is 1. The molecule has 31 heavy (non-hydrogen) atoms. The smallest absolute Gasteiger partial charge is 0.221 e. The first kappa shape index (κ1) is 19.0. The fraction of sp³-hybridized carbons (Fsp3) is 0. The second-order valence-electron chi connectivity index (χ2n) is 6.92. The predicted octanol–water partition coefficient (Wildman–Crippen LogP) is 5.29. The fourth-order valence-electron chi connectivity index (χ4n) is 3.36. The van der Waals surface area contributed by atoms with E-state index in [4.69, 9.17) is 22.4 Å². The number of halogens is 1.